The van der Waals surface area contributed by atoms with E-state index in [2.05, 4.69) is 20.2 Å². The second kappa shape index (κ2) is 9.19. The molecule has 8 nitrogen and oxygen atoms in total. The van der Waals surface area contributed by atoms with Crippen molar-refractivity contribution >= 4 is 29.0 Å². The van der Waals surface area contributed by atoms with Gasteiger partial charge in [-0.2, -0.15) is 9.61 Å². The van der Waals surface area contributed by atoms with Crippen LogP contribution in [0.25, 0.3) is 28.0 Å². The third kappa shape index (κ3) is 4.08. The Bertz CT molecular complexity index is 1310. The van der Waals surface area contributed by atoms with Crippen molar-refractivity contribution in [1.82, 2.24) is 24.6 Å². The van der Waals surface area contributed by atoms with Gasteiger partial charge in [-0.1, -0.05) is 36.6 Å². The summed E-state index contributed by atoms with van der Waals surface area (Å²) >= 11 is 6.36. The third-order valence-corrected chi connectivity index (χ3v) is 6.76. The summed E-state index contributed by atoms with van der Waals surface area (Å²) in [5.74, 6) is 1.46. The van der Waals surface area contributed by atoms with Crippen molar-refractivity contribution in [3.05, 3.63) is 53.8 Å². The first-order valence-electron chi connectivity index (χ1n) is 11.8. The normalized spacial score (nSPS) is 16.9. The van der Waals surface area contributed by atoms with Crippen LogP contribution in [0.4, 0.5) is 11.9 Å². The number of nitrogens with one attached hydrogen (secondary N) is 1. The van der Waals surface area contributed by atoms with Crippen LogP contribution in [0, 0.1) is 0 Å². The monoisotopic (exact) mass is 475 g/mol. The van der Waals surface area contributed by atoms with E-state index in [1.165, 1.54) is 12.8 Å². The number of anilines is 2. The second-order valence-electron chi connectivity index (χ2n) is 8.77. The molecule has 34 heavy (non-hydrogen) atoms. The molecule has 1 aliphatic heterocycles. The molecule has 1 saturated carbocycles. The lowest BCUT2D eigenvalue weighted by atomic mass is 10.0. The molecule has 0 amide bonds. The van der Waals surface area contributed by atoms with Gasteiger partial charge in [-0.05, 0) is 37.1 Å². The Morgan fingerprint density at radius 3 is 2.65 bits per heavy atom. The lowest BCUT2D eigenvalue weighted by molar-refractivity contribution is 0.122. The zero-order valence-corrected chi connectivity index (χ0v) is 19.6. The van der Waals surface area contributed by atoms with Crippen molar-refractivity contribution in [2.24, 2.45) is 0 Å². The minimum atomic E-state index is 0.434. The van der Waals surface area contributed by atoms with Gasteiger partial charge in [-0.25, -0.2) is 15.0 Å². The Morgan fingerprint density at radius 1 is 1.00 bits per heavy atom. The van der Waals surface area contributed by atoms with Crippen molar-refractivity contribution in [1.29, 1.82) is 0 Å². The smallest absolute Gasteiger partial charge is 0.227 e. The van der Waals surface area contributed by atoms with E-state index in [9.17, 15) is 0 Å². The quantitative estimate of drug-likeness (QED) is 0.448. The van der Waals surface area contributed by atoms with Gasteiger partial charge in [0.05, 0.1) is 30.0 Å². The van der Waals surface area contributed by atoms with Crippen LogP contribution < -0.4 is 10.2 Å². The molecule has 1 N–H and O–H groups in total. The molecule has 1 aliphatic carbocycles. The number of fused-ring (bicyclic) bond motifs is 1. The van der Waals surface area contributed by atoms with Gasteiger partial charge in [-0.15, -0.1) is 0 Å². The van der Waals surface area contributed by atoms with Crippen LogP contribution in [0.15, 0.2) is 48.8 Å². The van der Waals surface area contributed by atoms with Crippen LogP contribution in [0.1, 0.15) is 25.7 Å². The number of hydrogen-bond donors (Lipinski definition) is 1. The van der Waals surface area contributed by atoms with Crippen molar-refractivity contribution in [2.75, 3.05) is 36.5 Å². The number of morpholine rings is 1. The Kier molecular flexibility index (Phi) is 5.76. The number of ether oxygens (including phenoxy) is 1. The molecule has 3 aromatic heterocycles. The summed E-state index contributed by atoms with van der Waals surface area (Å²) < 4.78 is 7.46. The van der Waals surface area contributed by atoms with Crippen LogP contribution in [0.3, 0.4) is 0 Å². The first-order valence-corrected chi connectivity index (χ1v) is 12.2. The first-order chi connectivity index (χ1) is 16.8. The van der Waals surface area contributed by atoms with Crippen LogP contribution in [-0.2, 0) is 4.74 Å². The molecule has 0 unspecified atom stereocenters. The van der Waals surface area contributed by atoms with Gasteiger partial charge in [0.2, 0.25) is 11.9 Å². The Labute approximate surface area is 203 Å². The maximum atomic E-state index is 6.36. The highest BCUT2D eigenvalue weighted by Gasteiger charge is 2.23. The van der Waals surface area contributed by atoms with Gasteiger partial charge in [0.1, 0.15) is 5.69 Å². The fraction of sp³-hybridized carbons (Fsp3) is 0.360. The largest absolute Gasteiger partial charge is 0.378 e. The predicted molar refractivity (Wildman–Crippen MR) is 133 cm³/mol. The fourth-order valence-corrected chi connectivity index (χ4v) is 5.05. The maximum Gasteiger partial charge on any atom is 0.227 e. The van der Waals surface area contributed by atoms with Gasteiger partial charge in [0, 0.05) is 42.1 Å². The molecule has 4 aromatic rings. The number of nitrogens with zero attached hydrogens (tertiary/aromatic N) is 6. The molecule has 6 rings (SSSR count). The van der Waals surface area contributed by atoms with E-state index in [-0.39, 0.29) is 0 Å². The van der Waals surface area contributed by atoms with Gasteiger partial charge < -0.3 is 15.0 Å². The lowest BCUT2D eigenvalue weighted by Crippen LogP contribution is -2.38. The Hall–Kier alpha value is -3.23. The minimum Gasteiger partial charge on any atom is -0.378 e. The van der Waals surface area contributed by atoms with Crippen molar-refractivity contribution < 1.29 is 4.74 Å². The van der Waals surface area contributed by atoms with E-state index in [0.29, 0.717) is 30.2 Å². The molecule has 0 radical (unpaired) electrons. The van der Waals surface area contributed by atoms with E-state index in [0.717, 1.165) is 59.9 Å². The highest BCUT2D eigenvalue weighted by molar-refractivity contribution is 6.30. The summed E-state index contributed by atoms with van der Waals surface area (Å²) in [4.78, 5) is 16.3. The molecule has 9 heteroatoms. The van der Waals surface area contributed by atoms with Crippen molar-refractivity contribution in [3.63, 3.8) is 0 Å². The van der Waals surface area contributed by atoms with Crippen LogP contribution in [0.2, 0.25) is 5.02 Å². The van der Waals surface area contributed by atoms with Crippen LogP contribution >= 0.6 is 11.6 Å². The van der Waals surface area contributed by atoms with Gasteiger partial charge in [0.25, 0.3) is 0 Å². The third-order valence-electron chi connectivity index (χ3n) is 6.53. The van der Waals surface area contributed by atoms with Crippen molar-refractivity contribution in [2.45, 2.75) is 31.7 Å². The molecule has 174 valence electrons. The standard InChI is InChI=1S/C25H26ClN7O/c26-18-5-3-4-17(16-18)23-22(20-8-10-27-24(30-20)29-19-6-1-2-7-19)21-9-11-28-25(33(21)31-23)32-12-14-34-15-13-32/h3-5,8-11,16,19H,1-2,6-7,12-15H2,(H,27,29,30). The average molecular weight is 476 g/mol. The topological polar surface area (TPSA) is 80.5 Å². The highest BCUT2D eigenvalue weighted by Crippen LogP contribution is 2.36. The summed E-state index contributed by atoms with van der Waals surface area (Å²) in [5, 5.41) is 9.22. The van der Waals surface area contributed by atoms with E-state index < -0.39 is 0 Å². The Morgan fingerprint density at radius 2 is 1.82 bits per heavy atom. The minimum absolute atomic E-state index is 0.434. The first kappa shape index (κ1) is 21.3. The lowest BCUT2D eigenvalue weighted by Gasteiger charge is -2.27. The number of halogens is 1. The molecule has 0 spiro atoms. The predicted octanol–water partition coefficient (Wildman–Crippen LogP) is 4.70. The van der Waals surface area contributed by atoms with E-state index in [1.807, 2.05) is 53.3 Å². The molecule has 2 aliphatic rings. The summed E-state index contributed by atoms with van der Waals surface area (Å²) in [6.45, 7) is 2.90. The molecular weight excluding hydrogens is 450 g/mol. The molecule has 1 saturated heterocycles. The molecule has 0 atom stereocenters. The van der Waals surface area contributed by atoms with Crippen molar-refractivity contribution in [3.8, 4) is 22.5 Å². The van der Waals surface area contributed by atoms with Gasteiger partial charge in [0.15, 0.2) is 0 Å². The number of rotatable bonds is 5. The fourth-order valence-electron chi connectivity index (χ4n) is 4.86. The van der Waals surface area contributed by atoms with E-state index >= 15 is 0 Å². The van der Waals surface area contributed by atoms with Gasteiger partial charge in [-0.3, -0.25) is 0 Å². The SMILES string of the molecule is Clc1cccc(-c2nn3c(N4CCOCC4)nccc3c2-c2ccnc(NC3CCCC3)n2)c1. The molecule has 1 aromatic carbocycles. The van der Waals surface area contributed by atoms with E-state index in [1.54, 1.807) is 0 Å². The van der Waals surface area contributed by atoms with Crippen LogP contribution in [0.5, 0.6) is 0 Å². The summed E-state index contributed by atoms with van der Waals surface area (Å²) in [6.07, 6.45) is 8.48. The average Bonchev–Trinajstić information content (AvgIpc) is 3.52. The second-order valence-corrected chi connectivity index (χ2v) is 9.20. The summed E-state index contributed by atoms with van der Waals surface area (Å²) in [6, 6.07) is 12.1. The number of hydrogen-bond acceptors (Lipinski definition) is 7. The molecule has 2 fully saturated rings. The number of aromatic nitrogens is 5. The highest BCUT2D eigenvalue weighted by atomic mass is 35.5. The maximum absolute atomic E-state index is 6.36. The summed E-state index contributed by atoms with van der Waals surface area (Å²) in [5.41, 5.74) is 4.45. The van der Waals surface area contributed by atoms with Crippen LogP contribution in [-0.4, -0.2) is 56.9 Å². The molecule has 4 heterocycles. The van der Waals surface area contributed by atoms with Gasteiger partial charge >= 0.3 is 0 Å². The zero-order valence-electron chi connectivity index (χ0n) is 18.8. The number of benzene rings is 1. The van der Waals surface area contributed by atoms with E-state index in [4.69, 9.17) is 26.4 Å². The Balaban J connectivity index is 1.51. The molecule has 0 bridgehead atoms. The summed E-state index contributed by atoms with van der Waals surface area (Å²) in [7, 11) is 0. The zero-order chi connectivity index (χ0) is 22.9. The molecular formula is C25H26ClN7O.